The third kappa shape index (κ3) is 3.00. The number of methoxy groups -OCH3 is 1. The first-order valence-electron chi connectivity index (χ1n) is 5.71. The minimum absolute atomic E-state index is 0.791. The average Bonchev–Trinajstić information content (AvgIpc) is 2.85. The highest BCUT2D eigenvalue weighted by atomic mass is 16.5. The minimum Gasteiger partial charge on any atom is -0.497 e. The number of nitrogens with one attached hydrogen (secondary N) is 1. The van der Waals surface area contributed by atoms with Crippen LogP contribution in [-0.2, 0) is 13.1 Å². The fourth-order valence-corrected chi connectivity index (χ4v) is 1.58. The number of hydrogen-bond acceptors (Lipinski definition) is 3. The maximum absolute atomic E-state index is 5.12. The van der Waals surface area contributed by atoms with Crippen molar-refractivity contribution in [2.45, 2.75) is 20.0 Å². The second kappa shape index (κ2) is 5.39. The van der Waals surface area contributed by atoms with E-state index in [1.165, 1.54) is 5.56 Å². The van der Waals surface area contributed by atoms with Crippen LogP contribution in [0.15, 0.2) is 36.7 Å². The van der Waals surface area contributed by atoms with Gasteiger partial charge in [-0.1, -0.05) is 12.1 Å². The molecule has 1 aromatic heterocycles. The number of anilines is 1. The topological polar surface area (TPSA) is 39.1 Å². The van der Waals surface area contributed by atoms with Crippen LogP contribution in [0.3, 0.4) is 0 Å². The van der Waals surface area contributed by atoms with Gasteiger partial charge in [-0.2, -0.15) is 5.10 Å². The zero-order valence-corrected chi connectivity index (χ0v) is 10.2. The van der Waals surface area contributed by atoms with Crippen molar-refractivity contribution in [3.05, 3.63) is 42.2 Å². The summed E-state index contributed by atoms with van der Waals surface area (Å²) < 4.78 is 7.02. The lowest BCUT2D eigenvalue weighted by molar-refractivity contribution is 0.414. The number of ether oxygens (including phenoxy) is 1. The van der Waals surface area contributed by atoms with E-state index in [1.807, 2.05) is 29.2 Å². The van der Waals surface area contributed by atoms with Crippen LogP contribution >= 0.6 is 0 Å². The van der Waals surface area contributed by atoms with Crippen LogP contribution in [-0.4, -0.2) is 16.9 Å². The lowest BCUT2D eigenvalue weighted by atomic mass is 10.2. The summed E-state index contributed by atoms with van der Waals surface area (Å²) in [4.78, 5) is 0. The summed E-state index contributed by atoms with van der Waals surface area (Å²) in [6, 6.07) is 8.03. The fourth-order valence-electron chi connectivity index (χ4n) is 1.58. The largest absolute Gasteiger partial charge is 0.497 e. The number of aromatic nitrogens is 2. The molecule has 90 valence electrons. The van der Waals surface area contributed by atoms with Gasteiger partial charge in [0.1, 0.15) is 5.75 Å². The van der Waals surface area contributed by atoms with Crippen LogP contribution in [0.4, 0.5) is 5.69 Å². The molecule has 0 fully saturated rings. The zero-order valence-electron chi connectivity index (χ0n) is 10.2. The molecule has 0 aliphatic heterocycles. The summed E-state index contributed by atoms with van der Waals surface area (Å²) in [5.74, 6) is 0.882. The minimum atomic E-state index is 0.791. The Morgan fingerprint density at radius 2 is 2.06 bits per heavy atom. The molecule has 0 radical (unpaired) electrons. The molecule has 0 aliphatic rings. The van der Waals surface area contributed by atoms with Gasteiger partial charge in [0.2, 0.25) is 0 Å². The van der Waals surface area contributed by atoms with E-state index in [9.17, 15) is 0 Å². The van der Waals surface area contributed by atoms with E-state index in [2.05, 4.69) is 29.5 Å². The van der Waals surface area contributed by atoms with E-state index in [0.29, 0.717) is 0 Å². The van der Waals surface area contributed by atoms with Gasteiger partial charge in [0.15, 0.2) is 0 Å². The van der Waals surface area contributed by atoms with Crippen molar-refractivity contribution in [1.82, 2.24) is 9.78 Å². The maximum Gasteiger partial charge on any atom is 0.118 e. The van der Waals surface area contributed by atoms with Gasteiger partial charge in [-0.15, -0.1) is 0 Å². The number of benzene rings is 1. The van der Waals surface area contributed by atoms with Crippen molar-refractivity contribution < 1.29 is 4.74 Å². The predicted molar refractivity (Wildman–Crippen MR) is 68.2 cm³/mol. The first-order chi connectivity index (χ1) is 8.31. The van der Waals surface area contributed by atoms with Gasteiger partial charge in [0, 0.05) is 19.3 Å². The second-order valence-corrected chi connectivity index (χ2v) is 3.79. The summed E-state index contributed by atoms with van der Waals surface area (Å²) in [7, 11) is 1.67. The molecule has 1 N–H and O–H groups in total. The molecule has 0 aliphatic carbocycles. The molecule has 17 heavy (non-hydrogen) atoms. The van der Waals surface area contributed by atoms with Gasteiger partial charge in [-0.05, 0) is 24.6 Å². The van der Waals surface area contributed by atoms with Gasteiger partial charge in [-0.3, -0.25) is 4.68 Å². The Morgan fingerprint density at radius 1 is 1.29 bits per heavy atom. The Bertz CT molecular complexity index is 462. The number of rotatable bonds is 5. The lowest BCUT2D eigenvalue weighted by Gasteiger charge is -2.05. The predicted octanol–water partition coefficient (Wildman–Crippen LogP) is 2.52. The zero-order chi connectivity index (χ0) is 12.1. The Balaban J connectivity index is 1.92. The third-order valence-electron chi connectivity index (χ3n) is 2.61. The quantitative estimate of drug-likeness (QED) is 0.859. The van der Waals surface area contributed by atoms with E-state index in [1.54, 1.807) is 7.11 Å². The van der Waals surface area contributed by atoms with Gasteiger partial charge in [0.25, 0.3) is 0 Å². The average molecular weight is 231 g/mol. The summed E-state index contributed by atoms with van der Waals surface area (Å²) in [5, 5.41) is 7.54. The van der Waals surface area contributed by atoms with Gasteiger partial charge in [0.05, 0.1) is 19.0 Å². The second-order valence-electron chi connectivity index (χ2n) is 3.79. The molecule has 0 amide bonds. The molecule has 0 unspecified atom stereocenters. The monoisotopic (exact) mass is 231 g/mol. The molecule has 4 nitrogen and oxygen atoms in total. The van der Waals surface area contributed by atoms with Crippen molar-refractivity contribution in [2.75, 3.05) is 12.4 Å². The van der Waals surface area contributed by atoms with Crippen molar-refractivity contribution >= 4 is 5.69 Å². The molecule has 1 heterocycles. The smallest absolute Gasteiger partial charge is 0.118 e. The standard InChI is InChI=1S/C13H17N3O/c1-3-16-10-12(9-15-16)14-8-11-4-6-13(17-2)7-5-11/h4-7,9-10,14H,3,8H2,1-2H3. The van der Waals surface area contributed by atoms with Crippen molar-refractivity contribution in [1.29, 1.82) is 0 Å². The molecule has 2 aromatic rings. The van der Waals surface area contributed by atoms with Crippen LogP contribution < -0.4 is 10.1 Å². The molecule has 0 bridgehead atoms. The van der Waals surface area contributed by atoms with Crippen LogP contribution in [0, 0.1) is 0 Å². The van der Waals surface area contributed by atoms with Gasteiger partial charge in [-0.25, -0.2) is 0 Å². The SMILES string of the molecule is CCn1cc(NCc2ccc(OC)cc2)cn1. The van der Waals surface area contributed by atoms with E-state index in [4.69, 9.17) is 4.74 Å². The van der Waals surface area contributed by atoms with Crippen molar-refractivity contribution in [2.24, 2.45) is 0 Å². The van der Waals surface area contributed by atoms with Gasteiger partial charge < -0.3 is 10.1 Å². The van der Waals surface area contributed by atoms with Crippen LogP contribution in [0.5, 0.6) is 5.75 Å². The van der Waals surface area contributed by atoms with E-state index in [0.717, 1.165) is 24.5 Å². The number of nitrogens with zero attached hydrogens (tertiary/aromatic N) is 2. The first-order valence-corrected chi connectivity index (χ1v) is 5.71. The summed E-state index contributed by atoms with van der Waals surface area (Å²) in [6.07, 6.45) is 3.84. The molecule has 0 spiro atoms. The molecule has 1 aromatic carbocycles. The third-order valence-corrected chi connectivity index (χ3v) is 2.61. The van der Waals surface area contributed by atoms with Crippen molar-refractivity contribution in [3.8, 4) is 5.75 Å². The van der Waals surface area contributed by atoms with E-state index in [-0.39, 0.29) is 0 Å². The number of hydrogen-bond donors (Lipinski definition) is 1. The Morgan fingerprint density at radius 3 is 2.65 bits per heavy atom. The lowest BCUT2D eigenvalue weighted by Crippen LogP contribution is -1.98. The van der Waals surface area contributed by atoms with Crippen LogP contribution in [0.25, 0.3) is 0 Å². The molecule has 0 atom stereocenters. The molecule has 0 saturated carbocycles. The number of aryl methyl sites for hydroxylation is 1. The Hall–Kier alpha value is -1.97. The Labute approximate surface area is 101 Å². The molecular formula is C13H17N3O. The fraction of sp³-hybridized carbons (Fsp3) is 0.308. The van der Waals surface area contributed by atoms with E-state index >= 15 is 0 Å². The first kappa shape index (κ1) is 11.5. The van der Waals surface area contributed by atoms with Crippen molar-refractivity contribution in [3.63, 3.8) is 0 Å². The Kier molecular flexibility index (Phi) is 3.65. The van der Waals surface area contributed by atoms with Gasteiger partial charge >= 0.3 is 0 Å². The highest BCUT2D eigenvalue weighted by Gasteiger charge is 1.97. The summed E-state index contributed by atoms with van der Waals surface area (Å²) in [5.41, 5.74) is 2.26. The maximum atomic E-state index is 5.12. The molecule has 4 heteroatoms. The highest BCUT2D eigenvalue weighted by Crippen LogP contribution is 2.13. The highest BCUT2D eigenvalue weighted by molar-refractivity contribution is 5.39. The molecular weight excluding hydrogens is 214 g/mol. The van der Waals surface area contributed by atoms with E-state index < -0.39 is 0 Å². The summed E-state index contributed by atoms with van der Waals surface area (Å²) >= 11 is 0. The normalized spacial score (nSPS) is 10.2. The van der Waals surface area contributed by atoms with Crippen LogP contribution in [0.1, 0.15) is 12.5 Å². The molecule has 2 rings (SSSR count). The summed E-state index contributed by atoms with van der Waals surface area (Å²) in [6.45, 7) is 3.75. The molecule has 0 saturated heterocycles. The van der Waals surface area contributed by atoms with Crippen LogP contribution in [0.2, 0.25) is 0 Å².